The molecule has 0 bridgehead atoms. The van der Waals surface area contributed by atoms with E-state index in [2.05, 4.69) is 0 Å². The first-order chi connectivity index (χ1) is 8.58. The lowest BCUT2D eigenvalue weighted by Gasteiger charge is -2.17. The van der Waals surface area contributed by atoms with Crippen molar-refractivity contribution in [2.24, 2.45) is 0 Å². The van der Waals surface area contributed by atoms with E-state index in [9.17, 15) is 9.59 Å². The number of hydrogen-bond acceptors (Lipinski definition) is 5. The van der Waals surface area contributed by atoms with Crippen LogP contribution < -0.4 is 4.74 Å². The maximum absolute atomic E-state index is 10.9. The third-order valence-corrected chi connectivity index (χ3v) is 1.98. The van der Waals surface area contributed by atoms with Crippen LogP contribution in [0.3, 0.4) is 0 Å². The SMILES string of the molecule is CC(=O)OC[C@H](COc1ccccc1)OC(C)=O. The molecule has 0 saturated heterocycles. The Morgan fingerprint density at radius 3 is 2.28 bits per heavy atom. The van der Waals surface area contributed by atoms with Gasteiger partial charge in [0.25, 0.3) is 0 Å². The van der Waals surface area contributed by atoms with Gasteiger partial charge in [0, 0.05) is 13.8 Å². The van der Waals surface area contributed by atoms with Crippen LogP contribution in [-0.4, -0.2) is 31.3 Å². The molecule has 5 nitrogen and oxygen atoms in total. The minimum absolute atomic E-state index is 0.0122. The topological polar surface area (TPSA) is 61.8 Å². The number of para-hydroxylation sites is 1. The van der Waals surface area contributed by atoms with E-state index >= 15 is 0 Å². The summed E-state index contributed by atoms with van der Waals surface area (Å²) in [5, 5.41) is 0. The molecule has 18 heavy (non-hydrogen) atoms. The number of carbonyl (C=O) groups is 2. The number of rotatable bonds is 6. The van der Waals surface area contributed by atoms with Crippen molar-refractivity contribution in [3.63, 3.8) is 0 Å². The second kappa shape index (κ2) is 7.32. The Balaban J connectivity index is 2.45. The van der Waals surface area contributed by atoms with Crippen LogP contribution >= 0.6 is 0 Å². The van der Waals surface area contributed by atoms with Crippen LogP contribution in [0.4, 0.5) is 0 Å². The van der Waals surface area contributed by atoms with Gasteiger partial charge in [0.2, 0.25) is 0 Å². The van der Waals surface area contributed by atoms with Crippen molar-refractivity contribution in [1.29, 1.82) is 0 Å². The van der Waals surface area contributed by atoms with Gasteiger partial charge in [-0.1, -0.05) is 18.2 Å². The Bertz CT molecular complexity index is 388. The highest BCUT2D eigenvalue weighted by molar-refractivity contribution is 5.67. The molecule has 0 N–H and O–H groups in total. The molecule has 0 aliphatic heterocycles. The smallest absolute Gasteiger partial charge is 0.303 e. The third-order valence-electron chi connectivity index (χ3n) is 1.98. The molecule has 98 valence electrons. The highest BCUT2D eigenvalue weighted by Gasteiger charge is 2.14. The number of esters is 2. The standard InChI is InChI=1S/C13H16O5/c1-10(14)16-8-13(18-11(2)15)9-17-12-6-4-3-5-7-12/h3-7,13H,8-9H2,1-2H3/t13-/m1/s1. The zero-order chi connectivity index (χ0) is 13.4. The molecule has 1 aromatic rings. The predicted octanol–water partition coefficient (Wildman–Crippen LogP) is 1.56. The van der Waals surface area contributed by atoms with E-state index in [0.717, 1.165) is 0 Å². The van der Waals surface area contributed by atoms with Crippen LogP contribution in [0.1, 0.15) is 13.8 Å². The maximum Gasteiger partial charge on any atom is 0.303 e. The summed E-state index contributed by atoms with van der Waals surface area (Å²) in [5.74, 6) is -0.201. The van der Waals surface area contributed by atoms with Crippen molar-refractivity contribution in [1.82, 2.24) is 0 Å². The van der Waals surface area contributed by atoms with Crippen LogP contribution in [0.5, 0.6) is 5.75 Å². The lowest BCUT2D eigenvalue weighted by Crippen LogP contribution is -2.29. The molecule has 0 aliphatic rings. The molecule has 0 spiro atoms. The molecular formula is C13H16O5. The largest absolute Gasteiger partial charge is 0.490 e. The lowest BCUT2D eigenvalue weighted by molar-refractivity contribution is -0.158. The van der Waals surface area contributed by atoms with E-state index in [-0.39, 0.29) is 13.2 Å². The predicted molar refractivity (Wildman–Crippen MR) is 64.1 cm³/mol. The fourth-order valence-electron chi connectivity index (χ4n) is 1.27. The zero-order valence-corrected chi connectivity index (χ0v) is 10.4. The Labute approximate surface area is 106 Å². The maximum atomic E-state index is 10.9. The Morgan fingerprint density at radius 2 is 1.72 bits per heavy atom. The number of carbonyl (C=O) groups excluding carboxylic acids is 2. The van der Waals surface area contributed by atoms with Gasteiger partial charge in [-0.2, -0.15) is 0 Å². The normalized spacial score (nSPS) is 11.4. The van der Waals surface area contributed by atoms with Crippen molar-refractivity contribution in [2.75, 3.05) is 13.2 Å². The van der Waals surface area contributed by atoms with Gasteiger partial charge >= 0.3 is 11.9 Å². The van der Waals surface area contributed by atoms with E-state index in [4.69, 9.17) is 14.2 Å². The summed E-state index contributed by atoms with van der Waals surface area (Å²) in [6.07, 6.45) is -0.605. The molecule has 5 heteroatoms. The minimum Gasteiger partial charge on any atom is -0.490 e. The van der Waals surface area contributed by atoms with Crippen LogP contribution in [0.2, 0.25) is 0 Å². The summed E-state index contributed by atoms with van der Waals surface area (Å²) in [5.41, 5.74) is 0. The molecule has 0 aromatic heterocycles. The Hall–Kier alpha value is -2.04. The summed E-state index contributed by atoms with van der Waals surface area (Å²) in [4.78, 5) is 21.6. The molecule has 1 rings (SSSR count). The van der Waals surface area contributed by atoms with E-state index in [1.54, 1.807) is 12.1 Å². The molecular weight excluding hydrogens is 236 g/mol. The van der Waals surface area contributed by atoms with Gasteiger partial charge in [0.05, 0.1) is 0 Å². The van der Waals surface area contributed by atoms with E-state index in [1.165, 1.54) is 13.8 Å². The highest BCUT2D eigenvalue weighted by atomic mass is 16.6. The molecule has 0 amide bonds. The van der Waals surface area contributed by atoms with Crippen molar-refractivity contribution in [3.8, 4) is 5.75 Å². The average Bonchev–Trinajstić information content (AvgIpc) is 2.33. The van der Waals surface area contributed by atoms with Crippen LogP contribution in [0.15, 0.2) is 30.3 Å². The van der Waals surface area contributed by atoms with Crippen molar-refractivity contribution < 1.29 is 23.8 Å². The molecule has 0 aliphatic carbocycles. The summed E-state index contributed by atoms with van der Waals surface area (Å²) in [6, 6.07) is 9.12. The van der Waals surface area contributed by atoms with Gasteiger partial charge in [-0.05, 0) is 12.1 Å². The zero-order valence-electron chi connectivity index (χ0n) is 10.4. The first-order valence-corrected chi connectivity index (χ1v) is 5.56. The first-order valence-electron chi connectivity index (χ1n) is 5.56. The molecule has 0 unspecified atom stereocenters. The number of hydrogen-bond donors (Lipinski definition) is 0. The van der Waals surface area contributed by atoms with E-state index in [0.29, 0.717) is 5.75 Å². The molecule has 1 atom stereocenters. The van der Waals surface area contributed by atoms with Crippen LogP contribution in [-0.2, 0) is 19.1 Å². The van der Waals surface area contributed by atoms with Gasteiger partial charge in [-0.3, -0.25) is 9.59 Å². The molecule has 0 radical (unpaired) electrons. The van der Waals surface area contributed by atoms with Gasteiger partial charge in [0.1, 0.15) is 19.0 Å². The van der Waals surface area contributed by atoms with Gasteiger partial charge in [-0.15, -0.1) is 0 Å². The molecule has 0 saturated carbocycles. The monoisotopic (exact) mass is 252 g/mol. The second-order valence-electron chi connectivity index (χ2n) is 3.66. The fourth-order valence-corrected chi connectivity index (χ4v) is 1.27. The third kappa shape index (κ3) is 5.89. The Morgan fingerprint density at radius 1 is 1.06 bits per heavy atom. The fraction of sp³-hybridized carbons (Fsp3) is 0.385. The van der Waals surface area contributed by atoms with Crippen LogP contribution in [0, 0.1) is 0 Å². The highest BCUT2D eigenvalue weighted by Crippen LogP contribution is 2.09. The van der Waals surface area contributed by atoms with Crippen molar-refractivity contribution >= 4 is 11.9 Å². The van der Waals surface area contributed by atoms with Gasteiger partial charge < -0.3 is 14.2 Å². The second-order valence-corrected chi connectivity index (χ2v) is 3.66. The van der Waals surface area contributed by atoms with Gasteiger partial charge in [-0.25, -0.2) is 0 Å². The lowest BCUT2D eigenvalue weighted by atomic mass is 10.3. The van der Waals surface area contributed by atoms with Crippen molar-refractivity contribution in [2.45, 2.75) is 20.0 Å². The number of ether oxygens (including phenoxy) is 3. The minimum atomic E-state index is -0.605. The molecule has 0 heterocycles. The van der Waals surface area contributed by atoms with Crippen LogP contribution in [0.25, 0.3) is 0 Å². The first kappa shape index (κ1) is 14.0. The molecule has 0 fully saturated rings. The van der Waals surface area contributed by atoms with Gasteiger partial charge in [0.15, 0.2) is 6.10 Å². The molecule has 1 aromatic carbocycles. The number of benzene rings is 1. The quantitative estimate of drug-likeness (QED) is 0.719. The average molecular weight is 252 g/mol. The van der Waals surface area contributed by atoms with Crippen molar-refractivity contribution in [3.05, 3.63) is 30.3 Å². The summed E-state index contributed by atoms with van der Waals surface area (Å²) in [6.45, 7) is 2.71. The summed E-state index contributed by atoms with van der Waals surface area (Å²) < 4.78 is 15.2. The van der Waals surface area contributed by atoms with E-state index in [1.807, 2.05) is 18.2 Å². The summed E-state index contributed by atoms with van der Waals surface area (Å²) in [7, 11) is 0. The summed E-state index contributed by atoms with van der Waals surface area (Å²) >= 11 is 0. The van der Waals surface area contributed by atoms with E-state index < -0.39 is 18.0 Å². The Kier molecular flexibility index (Phi) is 5.70.